The van der Waals surface area contributed by atoms with E-state index < -0.39 is 0 Å². The average Bonchev–Trinajstić information content (AvgIpc) is 2.39. The van der Waals surface area contributed by atoms with Gasteiger partial charge in [-0.25, -0.2) is 4.39 Å². The van der Waals surface area contributed by atoms with Crippen LogP contribution in [0.25, 0.3) is 0 Å². The van der Waals surface area contributed by atoms with Gasteiger partial charge in [0, 0.05) is 16.4 Å². The maximum Gasteiger partial charge on any atom is 0.251 e. The van der Waals surface area contributed by atoms with Crippen molar-refractivity contribution in [2.75, 3.05) is 5.33 Å². The second-order valence-corrected chi connectivity index (χ2v) is 5.62. The van der Waals surface area contributed by atoms with Crippen molar-refractivity contribution >= 4 is 37.8 Å². The van der Waals surface area contributed by atoms with Crippen LogP contribution in [-0.4, -0.2) is 16.8 Å². The molecule has 0 aliphatic carbocycles. The van der Waals surface area contributed by atoms with Crippen LogP contribution in [0.2, 0.25) is 0 Å². The molecule has 18 heavy (non-hydrogen) atoms. The molecule has 0 spiro atoms. The Bertz CT molecular complexity index is 425. The first kappa shape index (κ1) is 15.6. The Hall–Kier alpha value is -0.420. The lowest BCUT2D eigenvalue weighted by atomic mass is 9.95. The summed E-state index contributed by atoms with van der Waals surface area (Å²) < 4.78 is 13.4. The van der Waals surface area contributed by atoms with Gasteiger partial charge in [-0.15, -0.1) is 0 Å². The largest absolute Gasteiger partial charge is 0.346 e. The highest BCUT2D eigenvalue weighted by molar-refractivity contribution is 9.10. The zero-order valence-corrected chi connectivity index (χ0v) is 13.6. The maximum atomic E-state index is 13.1. The fourth-order valence-corrected chi connectivity index (χ4v) is 2.91. The van der Waals surface area contributed by atoms with Gasteiger partial charge in [-0.2, -0.15) is 0 Å². The van der Waals surface area contributed by atoms with Gasteiger partial charge in [0.05, 0.1) is 4.47 Å². The molecule has 0 saturated carbocycles. The number of amides is 1. The SMILES string of the molecule is CCC(CC)(CBr)NC(=O)c1ccc(F)c(Br)c1. The van der Waals surface area contributed by atoms with E-state index >= 15 is 0 Å². The molecule has 1 rings (SSSR count). The van der Waals surface area contributed by atoms with E-state index in [1.807, 2.05) is 13.8 Å². The normalized spacial score (nSPS) is 11.4. The summed E-state index contributed by atoms with van der Waals surface area (Å²) >= 11 is 6.52. The fourth-order valence-electron chi connectivity index (χ4n) is 1.60. The van der Waals surface area contributed by atoms with E-state index in [2.05, 4.69) is 37.2 Å². The zero-order valence-electron chi connectivity index (χ0n) is 10.4. The molecule has 1 amide bonds. The van der Waals surface area contributed by atoms with E-state index in [-0.39, 0.29) is 17.3 Å². The number of rotatable bonds is 5. The summed E-state index contributed by atoms with van der Waals surface area (Å²) in [7, 11) is 0. The molecule has 1 N–H and O–H groups in total. The highest BCUT2D eigenvalue weighted by Crippen LogP contribution is 2.21. The smallest absolute Gasteiger partial charge is 0.251 e. The highest BCUT2D eigenvalue weighted by atomic mass is 79.9. The van der Waals surface area contributed by atoms with Crippen LogP contribution < -0.4 is 5.32 Å². The Morgan fingerprint density at radius 2 is 2.00 bits per heavy atom. The molecule has 0 aliphatic heterocycles. The van der Waals surface area contributed by atoms with Crippen molar-refractivity contribution in [2.24, 2.45) is 0 Å². The number of alkyl halides is 1. The Kier molecular flexibility index (Phi) is 5.79. The standard InChI is InChI=1S/C13H16Br2FNO/c1-3-13(4-2,8-14)17-12(18)9-5-6-11(16)10(15)7-9/h5-7H,3-4,8H2,1-2H3,(H,17,18). The molecule has 0 radical (unpaired) electrons. The van der Waals surface area contributed by atoms with Crippen LogP contribution in [0.1, 0.15) is 37.0 Å². The molecule has 5 heteroatoms. The second kappa shape index (κ2) is 6.66. The number of hydrogen-bond acceptors (Lipinski definition) is 1. The van der Waals surface area contributed by atoms with Gasteiger partial charge in [0.2, 0.25) is 0 Å². The van der Waals surface area contributed by atoms with E-state index in [4.69, 9.17) is 0 Å². The van der Waals surface area contributed by atoms with E-state index in [9.17, 15) is 9.18 Å². The number of carbonyl (C=O) groups is 1. The first-order valence-electron chi connectivity index (χ1n) is 5.81. The third-order valence-corrected chi connectivity index (χ3v) is 4.85. The van der Waals surface area contributed by atoms with Gasteiger partial charge in [-0.3, -0.25) is 4.79 Å². The minimum atomic E-state index is -0.371. The third kappa shape index (κ3) is 3.54. The van der Waals surface area contributed by atoms with E-state index in [0.717, 1.165) is 12.8 Å². The molecule has 1 aromatic rings. The van der Waals surface area contributed by atoms with Crippen molar-refractivity contribution in [3.05, 3.63) is 34.1 Å². The lowest BCUT2D eigenvalue weighted by Crippen LogP contribution is -2.49. The zero-order chi connectivity index (χ0) is 13.8. The summed E-state index contributed by atoms with van der Waals surface area (Å²) in [6, 6.07) is 4.27. The van der Waals surface area contributed by atoms with E-state index in [1.165, 1.54) is 18.2 Å². The molecule has 100 valence electrons. The monoisotopic (exact) mass is 379 g/mol. The van der Waals surface area contributed by atoms with Crippen molar-refractivity contribution in [1.82, 2.24) is 5.32 Å². The van der Waals surface area contributed by atoms with Crippen LogP contribution in [0.3, 0.4) is 0 Å². The third-order valence-electron chi connectivity index (χ3n) is 3.17. The molecule has 2 nitrogen and oxygen atoms in total. The average molecular weight is 381 g/mol. The molecular weight excluding hydrogens is 365 g/mol. The van der Waals surface area contributed by atoms with Gasteiger partial charge >= 0.3 is 0 Å². The fraction of sp³-hybridized carbons (Fsp3) is 0.462. The number of hydrogen-bond donors (Lipinski definition) is 1. The van der Waals surface area contributed by atoms with Gasteiger partial charge in [-0.1, -0.05) is 29.8 Å². The summed E-state index contributed by atoms with van der Waals surface area (Å²) in [5, 5.41) is 3.71. The van der Waals surface area contributed by atoms with Crippen LogP contribution in [-0.2, 0) is 0 Å². The Balaban J connectivity index is 2.90. The molecule has 1 aromatic carbocycles. The molecule has 0 aliphatic rings. The van der Waals surface area contributed by atoms with Crippen molar-refractivity contribution in [2.45, 2.75) is 32.2 Å². The molecule has 0 atom stereocenters. The molecular formula is C13H16Br2FNO. The number of halogens is 3. The van der Waals surface area contributed by atoms with Crippen LogP contribution >= 0.6 is 31.9 Å². The second-order valence-electron chi connectivity index (χ2n) is 4.20. The first-order valence-corrected chi connectivity index (χ1v) is 7.73. The van der Waals surface area contributed by atoms with Gasteiger partial charge in [0.15, 0.2) is 0 Å². The maximum absolute atomic E-state index is 13.1. The number of carbonyl (C=O) groups excluding carboxylic acids is 1. The summed E-state index contributed by atoms with van der Waals surface area (Å²) in [5.74, 6) is -0.553. The van der Waals surface area contributed by atoms with E-state index in [0.29, 0.717) is 15.4 Å². The Morgan fingerprint density at radius 1 is 1.39 bits per heavy atom. The molecule has 0 unspecified atom stereocenters. The molecule has 0 heterocycles. The number of benzene rings is 1. The highest BCUT2D eigenvalue weighted by Gasteiger charge is 2.27. The predicted octanol–water partition coefficient (Wildman–Crippen LogP) is 4.27. The first-order chi connectivity index (χ1) is 8.48. The lowest BCUT2D eigenvalue weighted by molar-refractivity contribution is 0.0903. The van der Waals surface area contributed by atoms with Crippen LogP contribution in [0.5, 0.6) is 0 Å². The van der Waals surface area contributed by atoms with Crippen molar-refractivity contribution < 1.29 is 9.18 Å². The topological polar surface area (TPSA) is 29.1 Å². The number of nitrogens with one attached hydrogen (secondary N) is 1. The molecule has 0 bridgehead atoms. The van der Waals surface area contributed by atoms with Crippen molar-refractivity contribution in [3.63, 3.8) is 0 Å². The minimum absolute atomic E-state index is 0.182. The lowest BCUT2D eigenvalue weighted by Gasteiger charge is -2.31. The quantitative estimate of drug-likeness (QED) is 0.759. The summed E-state index contributed by atoms with van der Waals surface area (Å²) in [4.78, 5) is 12.1. The minimum Gasteiger partial charge on any atom is -0.346 e. The van der Waals surface area contributed by atoms with Crippen LogP contribution in [0.4, 0.5) is 4.39 Å². The van der Waals surface area contributed by atoms with Gasteiger partial charge < -0.3 is 5.32 Å². The molecule has 0 saturated heterocycles. The Morgan fingerprint density at radius 3 is 2.44 bits per heavy atom. The van der Waals surface area contributed by atoms with Crippen molar-refractivity contribution in [3.8, 4) is 0 Å². The van der Waals surface area contributed by atoms with Gasteiger partial charge in [-0.05, 0) is 47.0 Å². The van der Waals surface area contributed by atoms with Gasteiger partial charge in [0.25, 0.3) is 5.91 Å². The molecule has 0 fully saturated rings. The van der Waals surface area contributed by atoms with Gasteiger partial charge in [0.1, 0.15) is 5.82 Å². The van der Waals surface area contributed by atoms with E-state index in [1.54, 1.807) is 0 Å². The van der Waals surface area contributed by atoms with Crippen molar-refractivity contribution in [1.29, 1.82) is 0 Å². The summed E-state index contributed by atoms with van der Waals surface area (Å²) in [5.41, 5.74) is 0.202. The predicted molar refractivity (Wildman–Crippen MR) is 78.7 cm³/mol. The molecule has 0 aromatic heterocycles. The van der Waals surface area contributed by atoms with Crippen LogP contribution in [0, 0.1) is 5.82 Å². The summed E-state index contributed by atoms with van der Waals surface area (Å²) in [6.07, 6.45) is 1.67. The Labute approximate surface area is 124 Å². The van der Waals surface area contributed by atoms with Crippen LogP contribution in [0.15, 0.2) is 22.7 Å². The summed E-state index contributed by atoms with van der Waals surface area (Å²) in [6.45, 7) is 4.07.